The zero-order valence-electron chi connectivity index (χ0n) is 10.4. The Bertz CT molecular complexity index is 460. The van der Waals surface area contributed by atoms with Gasteiger partial charge in [-0.15, -0.1) is 0 Å². The molecule has 5 heteroatoms. The minimum Gasteiger partial charge on any atom is -0.481 e. The molecule has 1 aromatic rings. The predicted octanol–water partition coefficient (Wildman–Crippen LogP) is 3.09. The van der Waals surface area contributed by atoms with Gasteiger partial charge in [0.25, 0.3) is 0 Å². The Morgan fingerprint density at radius 1 is 1.39 bits per heavy atom. The fourth-order valence-corrected chi connectivity index (χ4v) is 1.88. The van der Waals surface area contributed by atoms with E-state index >= 15 is 0 Å². The number of rotatable bonds is 5. The molecule has 2 N–H and O–H groups in total. The van der Waals surface area contributed by atoms with Crippen LogP contribution in [-0.2, 0) is 9.59 Å². The van der Waals surface area contributed by atoms with E-state index in [1.165, 1.54) is 0 Å². The van der Waals surface area contributed by atoms with Gasteiger partial charge in [-0.3, -0.25) is 9.59 Å². The van der Waals surface area contributed by atoms with E-state index in [0.717, 1.165) is 5.56 Å². The summed E-state index contributed by atoms with van der Waals surface area (Å²) in [6.45, 7) is 3.59. The van der Waals surface area contributed by atoms with Crippen molar-refractivity contribution in [3.63, 3.8) is 0 Å². The van der Waals surface area contributed by atoms with Crippen molar-refractivity contribution in [3.05, 3.63) is 28.8 Å². The number of nitrogens with one attached hydrogen (secondary N) is 1. The van der Waals surface area contributed by atoms with Crippen molar-refractivity contribution in [2.24, 2.45) is 5.92 Å². The van der Waals surface area contributed by atoms with E-state index in [1.807, 2.05) is 6.92 Å². The summed E-state index contributed by atoms with van der Waals surface area (Å²) in [7, 11) is 0. The Morgan fingerprint density at radius 2 is 2.06 bits per heavy atom. The van der Waals surface area contributed by atoms with Crippen molar-refractivity contribution in [1.82, 2.24) is 0 Å². The van der Waals surface area contributed by atoms with Crippen molar-refractivity contribution in [3.8, 4) is 0 Å². The smallest absolute Gasteiger partial charge is 0.303 e. The van der Waals surface area contributed by atoms with E-state index in [1.54, 1.807) is 25.1 Å². The molecular formula is C13H16ClNO3. The van der Waals surface area contributed by atoms with Gasteiger partial charge in [0.05, 0.1) is 0 Å². The molecule has 98 valence electrons. The average molecular weight is 270 g/mol. The maximum absolute atomic E-state index is 11.7. The normalized spacial score (nSPS) is 11.9. The van der Waals surface area contributed by atoms with Gasteiger partial charge in [0.1, 0.15) is 0 Å². The fourth-order valence-electron chi connectivity index (χ4n) is 1.66. The molecule has 0 bridgehead atoms. The molecule has 0 aromatic heterocycles. The van der Waals surface area contributed by atoms with Gasteiger partial charge in [0, 0.05) is 23.6 Å². The van der Waals surface area contributed by atoms with Gasteiger partial charge in [-0.05, 0) is 36.6 Å². The minimum absolute atomic E-state index is 0.00692. The molecule has 1 amide bonds. The molecule has 0 aliphatic rings. The van der Waals surface area contributed by atoms with Crippen molar-refractivity contribution >= 4 is 29.2 Å². The zero-order chi connectivity index (χ0) is 13.7. The Balaban J connectivity index is 2.56. The predicted molar refractivity (Wildman–Crippen MR) is 70.9 cm³/mol. The van der Waals surface area contributed by atoms with E-state index in [2.05, 4.69) is 5.32 Å². The molecule has 1 atom stereocenters. The number of aryl methyl sites for hydroxylation is 1. The number of benzene rings is 1. The summed E-state index contributed by atoms with van der Waals surface area (Å²) in [5.41, 5.74) is 1.58. The second-order valence-corrected chi connectivity index (χ2v) is 4.85. The van der Waals surface area contributed by atoms with Crippen LogP contribution in [0.15, 0.2) is 18.2 Å². The van der Waals surface area contributed by atoms with Crippen LogP contribution in [0.4, 0.5) is 5.69 Å². The van der Waals surface area contributed by atoms with Crippen LogP contribution in [0, 0.1) is 12.8 Å². The van der Waals surface area contributed by atoms with Crippen LogP contribution in [0.3, 0.4) is 0 Å². The Kier molecular flexibility index (Phi) is 5.16. The maximum Gasteiger partial charge on any atom is 0.303 e. The summed E-state index contributed by atoms with van der Waals surface area (Å²) in [5.74, 6) is -1.26. The number of amides is 1. The first kappa shape index (κ1) is 14.5. The number of hydrogen-bond donors (Lipinski definition) is 2. The van der Waals surface area contributed by atoms with Crippen LogP contribution >= 0.6 is 11.6 Å². The largest absolute Gasteiger partial charge is 0.481 e. The molecule has 0 saturated carbocycles. The van der Waals surface area contributed by atoms with Crippen molar-refractivity contribution < 1.29 is 14.7 Å². The molecule has 0 aliphatic carbocycles. The van der Waals surface area contributed by atoms with Crippen LogP contribution in [-0.4, -0.2) is 17.0 Å². The number of anilines is 1. The number of carbonyl (C=O) groups is 2. The summed E-state index contributed by atoms with van der Waals surface area (Å²) in [4.78, 5) is 22.2. The second-order valence-electron chi connectivity index (χ2n) is 4.41. The zero-order valence-corrected chi connectivity index (χ0v) is 11.1. The van der Waals surface area contributed by atoms with E-state index < -0.39 is 5.97 Å². The molecule has 0 unspecified atom stereocenters. The molecule has 0 aliphatic heterocycles. The van der Waals surface area contributed by atoms with Gasteiger partial charge >= 0.3 is 5.97 Å². The Labute approximate surface area is 111 Å². The summed E-state index contributed by atoms with van der Waals surface area (Å²) < 4.78 is 0. The lowest BCUT2D eigenvalue weighted by atomic mass is 10.0. The lowest BCUT2D eigenvalue weighted by molar-refractivity contribution is -0.138. The van der Waals surface area contributed by atoms with E-state index in [0.29, 0.717) is 10.7 Å². The molecule has 0 heterocycles. The van der Waals surface area contributed by atoms with Gasteiger partial charge in [-0.2, -0.15) is 0 Å². The summed E-state index contributed by atoms with van der Waals surface area (Å²) in [6, 6.07) is 5.19. The number of hydrogen-bond acceptors (Lipinski definition) is 2. The topological polar surface area (TPSA) is 66.4 Å². The van der Waals surface area contributed by atoms with E-state index in [4.69, 9.17) is 16.7 Å². The highest BCUT2D eigenvalue weighted by Gasteiger charge is 2.13. The Morgan fingerprint density at radius 3 is 2.61 bits per heavy atom. The summed E-state index contributed by atoms with van der Waals surface area (Å²) in [5, 5.41) is 12.0. The van der Waals surface area contributed by atoms with Gasteiger partial charge in [0.15, 0.2) is 0 Å². The van der Waals surface area contributed by atoms with Crippen molar-refractivity contribution in [2.45, 2.75) is 26.7 Å². The first-order chi connectivity index (χ1) is 8.38. The first-order valence-electron chi connectivity index (χ1n) is 5.66. The van der Waals surface area contributed by atoms with Gasteiger partial charge in [0.2, 0.25) is 5.91 Å². The molecule has 0 fully saturated rings. The van der Waals surface area contributed by atoms with Crippen LogP contribution in [0.2, 0.25) is 5.02 Å². The van der Waals surface area contributed by atoms with Crippen molar-refractivity contribution in [2.75, 3.05) is 5.32 Å². The number of carbonyl (C=O) groups excluding carboxylic acids is 1. The summed E-state index contributed by atoms with van der Waals surface area (Å²) in [6.07, 6.45) is 0.182. The SMILES string of the molecule is Cc1cc(Cl)ccc1NC(=O)C[C@H](C)CC(=O)O. The Hall–Kier alpha value is -1.55. The van der Waals surface area contributed by atoms with E-state index in [9.17, 15) is 9.59 Å². The third-order valence-electron chi connectivity index (χ3n) is 2.52. The standard InChI is InChI=1S/C13H16ClNO3/c1-8(6-13(17)18)5-12(16)15-11-4-3-10(14)7-9(11)2/h3-4,7-8H,5-6H2,1-2H3,(H,15,16)(H,17,18)/t8-/m0/s1. The van der Waals surface area contributed by atoms with Gasteiger partial charge < -0.3 is 10.4 Å². The third-order valence-corrected chi connectivity index (χ3v) is 2.75. The lowest BCUT2D eigenvalue weighted by Gasteiger charge is -2.11. The average Bonchev–Trinajstić information content (AvgIpc) is 2.20. The molecule has 0 radical (unpaired) electrons. The lowest BCUT2D eigenvalue weighted by Crippen LogP contribution is -2.17. The number of aliphatic carboxylic acids is 1. The quantitative estimate of drug-likeness (QED) is 0.863. The number of carboxylic acid groups (broad SMARTS) is 1. The van der Waals surface area contributed by atoms with Gasteiger partial charge in [-0.1, -0.05) is 18.5 Å². The van der Waals surface area contributed by atoms with Crippen molar-refractivity contribution in [1.29, 1.82) is 0 Å². The molecule has 0 spiro atoms. The third kappa shape index (κ3) is 4.75. The summed E-state index contributed by atoms with van der Waals surface area (Å²) >= 11 is 5.82. The van der Waals surface area contributed by atoms with Crippen LogP contribution in [0.25, 0.3) is 0 Å². The van der Waals surface area contributed by atoms with Crippen LogP contribution < -0.4 is 5.32 Å². The first-order valence-corrected chi connectivity index (χ1v) is 6.04. The monoisotopic (exact) mass is 269 g/mol. The maximum atomic E-state index is 11.7. The van der Waals surface area contributed by atoms with E-state index in [-0.39, 0.29) is 24.7 Å². The minimum atomic E-state index is -0.891. The van der Waals surface area contributed by atoms with Crippen LogP contribution in [0.5, 0.6) is 0 Å². The molecule has 1 rings (SSSR count). The van der Waals surface area contributed by atoms with Crippen LogP contribution in [0.1, 0.15) is 25.3 Å². The molecule has 4 nitrogen and oxygen atoms in total. The number of carboxylic acids is 1. The second kappa shape index (κ2) is 6.40. The molecule has 1 aromatic carbocycles. The highest BCUT2D eigenvalue weighted by atomic mass is 35.5. The highest BCUT2D eigenvalue weighted by molar-refractivity contribution is 6.30. The fraction of sp³-hybridized carbons (Fsp3) is 0.385. The molecule has 0 saturated heterocycles. The molecular weight excluding hydrogens is 254 g/mol. The molecule has 18 heavy (non-hydrogen) atoms. The highest BCUT2D eigenvalue weighted by Crippen LogP contribution is 2.20. The number of halogens is 1. The van der Waals surface area contributed by atoms with Gasteiger partial charge in [-0.25, -0.2) is 0 Å².